The standard InChI is InChI=1S/C11H17NO4/c1-15-11(14)8-4-5-12(7-8)10(13)9-3-2-6-16-9/h8-9H,2-7H2,1H3/t8?,9-/m1/s1. The van der Waals surface area contributed by atoms with Crippen LogP contribution in [0.3, 0.4) is 0 Å². The number of carbonyl (C=O) groups is 2. The van der Waals surface area contributed by atoms with E-state index < -0.39 is 0 Å². The number of esters is 1. The first-order valence-electron chi connectivity index (χ1n) is 5.70. The average Bonchev–Trinajstić information content (AvgIpc) is 2.97. The van der Waals surface area contributed by atoms with Gasteiger partial charge in [-0.15, -0.1) is 0 Å². The van der Waals surface area contributed by atoms with E-state index in [0.717, 1.165) is 12.8 Å². The summed E-state index contributed by atoms with van der Waals surface area (Å²) < 4.78 is 10.0. The van der Waals surface area contributed by atoms with Gasteiger partial charge < -0.3 is 14.4 Å². The molecule has 0 N–H and O–H groups in total. The monoisotopic (exact) mass is 227 g/mol. The lowest BCUT2D eigenvalue weighted by molar-refractivity contribution is -0.145. The molecule has 5 heteroatoms. The summed E-state index contributed by atoms with van der Waals surface area (Å²) in [6.45, 7) is 1.79. The molecule has 2 fully saturated rings. The maximum absolute atomic E-state index is 12.0. The fourth-order valence-electron chi connectivity index (χ4n) is 2.30. The van der Waals surface area contributed by atoms with Crippen LogP contribution in [0.5, 0.6) is 0 Å². The SMILES string of the molecule is COC(=O)C1CCN(C(=O)[C@H]2CCCO2)C1. The zero-order valence-electron chi connectivity index (χ0n) is 9.48. The Bertz CT molecular complexity index is 286. The van der Waals surface area contributed by atoms with E-state index in [-0.39, 0.29) is 23.9 Å². The fraction of sp³-hybridized carbons (Fsp3) is 0.818. The van der Waals surface area contributed by atoms with Gasteiger partial charge in [0.05, 0.1) is 13.0 Å². The summed E-state index contributed by atoms with van der Waals surface area (Å²) in [5.74, 6) is -0.345. The van der Waals surface area contributed by atoms with E-state index in [2.05, 4.69) is 4.74 Å². The van der Waals surface area contributed by atoms with Gasteiger partial charge in [0.2, 0.25) is 0 Å². The molecule has 0 radical (unpaired) electrons. The molecule has 2 heterocycles. The maximum atomic E-state index is 12.0. The number of amides is 1. The summed E-state index contributed by atoms with van der Waals surface area (Å²) in [6.07, 6.45) is 2.17. The first-order valence-corrected chi connectivity index (χ1v) is 5.70. The number of methoxy groups -OCH3 is 1. The van der Waals surface area contributed by atoms with Crippen LogP contribution in [0.2, 0.25) is 0 Å². The van der Waals surface area contributed by atoms with Crippen molar-refractivity contribution in [1.82, 2.24) is 4.90 Å². The normalized spacial score (nSPS) is 29.4. The van der Waals surface area contributed by atoms with Gasteiger partial charge in [0, 0.05) is 19.7 Å². The fourth-order valence-corrected chi connectivity index (χ4v) is 2.30. The van der Waals surface area contributed by atoms with Gasteiger partial charge in [-0.1, -0.05) is 0 Å². The number of hydrogen-bond donors (Lipinski definition) is 0. The highest BCUT2D eigenvalue weighted by atomic mass is 16.5. The zero-order valence-corrected chi connectivity index (χ0v) is 9.48. The topological polar surface area (TPSA) is 55.8 Å². The number of carbonyl (C=O) groups excluding carboxylic acids is 2. The number of hydrogen-bond acceptors (Lipinski definition) is 4. The first-order chi connectivity index (χ1) is 7.72. The molecule has 0 bridgehead atoms. The van der Waals surface area contributed by atoms with Gasteiger partial charge in [-0.05, 0) is 19.3 Å². The van der Waals surface area contributed by atoms with Crippen LogP contribution < -0.4 is 0 Å². The molecule has 16 heavy (non-hydrogen) atoms. The molecule has 0 aromatic rings. The van der Waals surface area contributed by atoms with Crippen molar-refractivity contribution < 1.29 is 19.1 Å². The van der Waals surface area contributed by atoms with Gasteiger partial charge in [0.15, 0.2) is 0 Å². The van der Waals surface area contributed by atoms with Crippen LogP contribution in [0, 0.1) is 5.92 Å². The Morgan fingerprint density at radius 1 is 1.38 bits per heavy atom. The largest absolute Gasteiger partial charge is 0.469 e. The molecule has 2 rings (SSSR count). The Balaban J connectivity index is 1.87. The van der Waals surface area contributed by atoms with Crippen LogP contribution in [0.1, 0.15) is 19.3 Å². The summed E-state index contributed by atoms with van der Waals surface area (Å²) in [4.78, 5) is 25.0. The third-order valence-electron chi connectivity index (χ3n) is 3.24. The smallest absolute Gasteiger partial charge is 0.310 e. The van der Waals surface area contributed by atoms with Crippen molar-refractivity contribution in [3.05, 3.63) is 0 Å². The number of likely N-dealkylation sites (tertiary alicyclic amines) is 1. The van der Waals surface area contributed by atoms with Crippen LogP contribution >= 0.6 is 0 Å². The predicted molar refractivity (Wildman–Crippen MR) is 55.7 cm³/mol. The minimum Gasteiger partial charge on any atom is -0.469 e. The third-order valence-corrected chi connectivity index (χ3v) is 3.24. The molecule has 1 unspecified atom stereocenters. The second-order valence-electron chi connectivity index (χ2n) is 4.29. The Morgan fingerprint density at radius 3 is 2.81 bits per heavy atom. The quantitative estimate of drug-likeness (QED) is 0.632. The number of rotatable bonds is 2. The maximum Gasteiger partial charge on any atom is 0.310 e. The van der Waals surface area contributed by atoms with Gasteiger partial charge in [0.25, 0.3) is 5.91 Å². The molecule has 0 aromatic heterocycles. The molecular formula is C11H17NO4. The highest BCUT2D eigenvalue weighted by molar-refractivity contribution is 5.83. The molecule has 0 aromatic carbocycles. The van der Waals surface area contributed by atoms with E-state index in [4.69, 9.17) is 4.74 Å². The van der Waals surface area contributed by atoms with Crippen molar-refractivity contribution in [3.63, 3.8) is 0 Å². The Labute approximate surface area is 94.7 Å². The van der Waals surface area contributed by atoms with E-state index >= 15 is 0 Å². The molecule has 5 nitrogen and oxygen atoms in total. The van der Waals surface area contributed by atoms with Gasteiger partial charge in [0.1, 0.15) is 6.10 Å². The summed E-state index contributed by atoms with van der Waals surface area (Å²) in [5, 5.41) is 0. The molecule has 1 amide bonds. The lowest BCUT2D eigenvalue weighted by Crippen LogP contribution is -2.37. The molecule has 2 aliphatic heterocycles. The minimum atomic E-state index is -0.281. The van der Waals surface area contributed by atoms with Crippen molar-refractivity contribution in [2.24, 2.45) is 5.92 Å². The molecule has 0 aliphatic carbocycles. The second-order valence-corrected chi connectivity index (χ2v) is 4.29. The molecular weight excluding hydrogens is 210 g/mol. The molecule has 90 valence electrons. The first kappa shape index (κ1) is 11.4. The second kappa shape index (κ2) is 4.82. The van der Waals surface area contributed by atoms with E-state index in [1.165, 1.54) is 7.11 Å². The average molecular weight is 227 g/mol. The molecule has 2 aliphatic rings. The Kier molecular flexibility index (Phi) is 3.43. The highest BCUT2D eigenvalue weighted by Gasteiger charge is 2.35. The van der Waals surface area contributed by atoms with Crippen LogP contribution in [0.25, 0.3) is 0 Å². The Hall–Kier alpha value is -1.10. The van der Waals surface area contributed by atoms with Gasteiger partial charge in [-0.2, -0.15) is 0 Å². The van der Waals surface area contributed by atoms with Gasteiger partial charge in [-0.25, -0.2) is 0 Å². The van der Waals surface area contributed by atoms with Crippen LogP contribution in [-0.4, -0.2) is 49.7 Å². The van der Waals surface area contributed by atoms with Crippen molar-refractivity contribution in [2.45, 2.75) is 25.4 Å². The minimum absolute atomic E-state index is 0.0314. The van der Waals surface area contributed by atoms with Crippen LogP contribution in [-0.2, 0) is 19.1 Å². The highest BCUT2D eigenvalue weighted by Crippen LogP contribution is 2.21. The number of ether oxygens (including phenoxy) is 2. The van der Waals surface area contributed by atoms with Crippen molar-refractivity contribution in [3.8, 4) is 0 Å². The summed E-state index contributed by atoms with van der Waals surface area (Å²) in [5.41, 5.74) is 0. The lowest BCUT2D eigenvalue weighted by atomic mass is 10.1. The van der Waals surface area contributed by atoms with Crippen molar-refractivity contribution >= 4 is 11.9 Å². The van der Waals surface area contributed by atoms with Gasteiger partial charge >= 0.3 is 5.97 Å². The van der Waals surface area contributed by atoms with E-state index in [9.17, 15) is 9.59 Å². The summed E-state index contributed by atoms with van der Waals surface area (Å²) in [6, 6.07) is 0. The van der Waals surface area contributed by atoms with E-state index in [1.807, 2.05) is 0 Å². The molecule has 0 spiro atoms. The van der Waals surface area contributed by atoms with Crippen molar-refractivity contribution in [2.75, 3.05) is 26.8 Å². The summed E-state index contributed by atoms with van der Waals surface area (Å²) >= 11 is 0. The van der Waals surface area contributed by atoms with E-state index in [1.54, 1.807) is 4.90 Å². The molecule has 2 atom stereocenters. The van der Waals surface area contributed by atoms with Gasteiger partial charge in [-0.3, -0.25) is 9.59 Å². The molecule has 0 saturated carbocycles. The van der Waals surface area contributed by atoms with Crippen molar-refractivity contribution in [1.29, 1.82) is 0 Å². The Morgan fingerprint density at radius 2 is 2.19 bits per heavy atom. The van der Waals surface area contributed by atoms with Crippen LogP contribution in [0.15, 0.2) is 0 Å². The van der Waals surface area contributed by atoms with Crippen LogP contribution in [0.4, 0.5) is 0 Å². The predicted octanol–water partition coefficient (Wildman–Crippen LogP) is 0.187. The van der Waals surface area contributed by atoms with E-state index in [0.29, 0.717) is 26.1 Å². The zero-order chi connectivity index (χ0) is 11.5. The third kappa shape index (κ3) is 2.19. The molecule has 2 saturated heterocycles. The summed E-state index contributed by atoms with van der Waals surface area (Å²) in [7, 11) is 1.38. The number of nitrogens with zero attached hydrogens (tertiary/aromatic N) is 1. The lowest BCUT2D eigenvalue weighted by Gasteiger charge is -2.19.